The van der Waals surface area contributed by atoms with Crippen molar-refractivity contribution in [2.45, 2.75) is 30.2 Å². The van der Waals surface area contributed by atoms with Gasteiger partial charge in [-0.2, -0.15) is 4.31 Å². The van der Waals surface area contributed by atoms with Crippen molar-refractivity contribution in [3.05, 3.63) is 29.3 Å². The molecule has 2 aliphatic heterocycles. The summed E-state index contributed by atoms with van der Waals surface area (Å²) in [5.41, 5.74) is -0.987. The minimum atomic E-state index is -3.73. The highest BCUT2D eigenvalue weighted by atomic mass is 35.5. The van der Waals surface area contributed by atoms with E-state index in [9.17, 15) is 18.0 Å². The molecular formula is C15H18ClN3O4S. The Bertz CT molecular complexity index is 788. The first kappa shape index (κ1) is 17.2. The van der Waals surface area contributed by atoms with Crippen molar-refractivity contribution in [1.29, 1.82) is 0 Å². The number of nitrogens with zero attached hydrogens (tertiary/aromatic N) is 2. The average molecular weight is 372 g/mol. The van der Waals surface area contributed by atoms with Gasteiger partial charge >= 0.3 is 6.03 Å². The summed E-state index contributed by atoms with van der Waals surface area (Å²) in [5, 5.41) is 2.90. The molecule has 0 bridgehead atoms. The van der Waals surface area contributed by atoms with E-state index in [-0.39, 0.29) is 41.8 Å². The van der Waals surface area contributed by atoms with E-state index in [4.69, 9.17) is 11.6 Å². The van der Waals surface area contributed by atoms with Gasteiger partial charge in [-0.3, -0.25) is 9.69 Å². The van der Waals surface area contributed by atoms with Crippen LogP contribution in [0.5, 0.6) is 0 Å². The molecule has 2 saturated heterocycles. The van der Waals surface area contributed by atoms with Crippen molar-refractivity contribution < 1.29 is 18.0 Å². The number of nitrogens with one attached hydrogen (secondary N) is 1. The van der Waals surface area contributed by atoms with Crippen LogP contribution in [0.4, 0.5) is 4.79 Å². The fourth-order valence-corrected chi connectivity index (χ4v) is 5.14. The highest BCUT2D eigenvalue weighted by molar-refractivity contribution is 7.89. The molecule has 1 aromatic rings. The Kier molecular flexibility index (Phi) is 4.31. The topological polar surface area (TPSA) is 86.8 Å². The molecule has 3 rings (SSSR count). The van der Waals surface area contributed by atoms with Gasteiger partial charge in [0.15, 0.2) is 0 Å². The lowest BCUT2D eigenvalue weighted by atomic mass is 9.88. The van der Waals surface area contributed by atoms with Gasteiger partial charge in [0.2, 0.25) is 10.0 Å². The summed E-state index contributed by atoms with van der Waals surface area (Å²) < 4.78 is 26.8. The Hall–Kier alpha value is -1.64. The third kappa shape index (κ3) is 2.58. The predicted octanol–water partition coefficient (Wildman–Crippen LogP) is 1.43. The fourth-order valence-electron chi connectivity index (χ4n) is 3.20. The van der Waals surface area contributed by atoms with Crippen LogP contribution in [0, 0.1) is 0 Å². The molecule has 0 saturated carbocycles. The summed E-state index contributed by atoms with van der Waals surface area (Å²) in [6.07, 6.45) is 0.496. The largest absolute Gasteiger partial charge is 0.325 e. The number of hydrogen-bond donors (Lipinski definition) is 1. The Morgan fingerprint density at radius 2 is 1.83 bits per heavy atom. The van der Waals surface area contributed by atoms with Gasteiger partial charge in [0.1, 0.15) is 10.4 Å². The summed E-state index contributed by atoms with van der Waals surface area (Å²) in [7, 11) is -3.73. The molecule has 9 heteroatoms. The minimum absolute atomic E-state index is 0.0552. The van der Waals surface area contributed by atoms with Crippen LogP contribution in [0.1, 0.15) is 19.8 Å². The van der Waals surface area contributed by atoms with Gasteiger partial charge in [0.05, 0.1) is 5.02 Å². The van der Waals surface area contributed by atoms with E-state index in [0.29, 0.717) is 6.54 Å². The van der Waals surface area contributed by atoms with E-state index >= 15 is 0 Å². The molecule has 0 aromatic heterocycles. The molecule has 1 aromatic carbocycles. The molecule has 2 aliphatic rings. The number of urea groups is 1. The number of carbonyl (C=O) groups excluding carboxylic acids is 2. The van der Waals surface area contributed by atoms with Gasteiger partial charge in [0, 0.05) is 19.6 Å². The maximum atomic E-state index is 12.7. The predicted molar refractivity (Wildman–Crippen MR) is 88.1 cm³/mol. The highest BCUT2D eigenvalue weighted by Gasteiger charge is 2.52. The van der Waals surface area contributed by atoms with Crippen molar-refractivity contribution in [2.75, 3.05) is 19.6 Å². The number of amides is 3. The molecule has 0 aliphatic carbocycles. The van der Waals surface area contributed by atoms with Gasteiger partial charge in [0.25, 0.3) is 5.91 Å². The normalized spacial score (nSPS) is 21.3. The van der Waals surface area contributed by atoms with Crippen LogP contribution in [-0.4, -0.2) is 54.7 Å². The molecule has 2 heterocycles. The summed E-state index contributed by atoms with van der Waals surface area (Å²) in [5.74, 6) is -0.273. The van der Waals surface area contributed by atoms with E-state index in [2.05, 4.69) is 5.32 Å². The number of hydrogen-bond acceptors (Lipinski definition) is 4. The molecule has 0 unspecified atom stereocenters. The molecule has 1 N–H and O–H groups in total. The Balaban J connectivity index is 1.80. The van der Waals surface area contributed by atoms with Crippen LogP contribution in [0.25, 0.3) is 0 Å². The standard InChI is InChI=1S/C15H18ClN3O4S/c1-2-19-13(20)15(17-14(19)21)7-9-18(10-8-15)24(22,23)12-6-4-3-5-11(12)16/h3-6H,2,7-10H2,1H3,(H,17,21). The van der Waals surface area contributed by atoms with E-state index < -0.39 is 21.6 Å². The second-order valence-electron chi connectivity index (χ2n) is 5.90. The first-order chi connectivity index (χ1) is 11.3. The van der Waals surface area contributed by atoms with Gasteiger partial charge in [-0.15, -0.1) is 0 Å². The number of benzene rings is 1. The van der Waals surface area contributed by atoms with Crippen molar-refractivity contribution >= 4 is 33.6 Å². The quantitative estimate of drug-likeness (QED) is 0.814. The molecule has 7 nitrogen and oxygen atoms in total. The monoisotopic (exact) mass is 371 g/mol. The molecule has 0 radical (unpaired) electrons. The Morgan fingerprint density at radius 3 is 2.38 bits per heavy atom. The van der Waals surface area contributed by atoms with E-state index in [1.807, 2.05) is 0 Å². The van der Waals surface area contributed by atoms with Crippen molar-refractivity contribution in [3.63, 3.8) is 0 Å². The van der Waals surface area contributed by atoms with Gasteiger partial charge < -0.3 is 5.32 Å². The maximum Gasteiger partial charge on any atom is 0.325 e. The molecular weight excluding hydrogens is 354 g/mol. The average Bonchev–Trinajstić information content (AvgIpc) is 2.78. The van der Waals surface area contributed by atoms with Crippen LogP contribution in [0.2, 0.25) is 5.02 Å². The van der Waals surface area contributed by atoms with Gasteiger partial charge in [-0.05, 0) is 31.9 Å². The number of likely N-dealkylation sites (N-methyl/N-ethyl adjacent to an activating group) is 1. The molecule has 1 spiro atoms. The lowest BCUT2D eigenvalue weighted by Crippen LogP contribution is -2.55. The van der Waals surface area contributed by atoms with Gasteiger partial charge in [-0.25, -0.2) is 13.2 Å². The second-order valence-corrected chi connectivity index (χ2v) is 8.21. The van der Waals surface area contributed by atoms with E-state index in [1.165, 1.54) is 16.4 Å². The number of piperidine rings is 1. The molecule has 2 fully saturated rings. The van der Waals surface area contributed by atoms with Crippen LogP contribution < -0.4 is 5.32 Å². The zero-order chi connectivity index (χ0) is 17.5. The number of halogens is 1. The van der Waals surface area contributed by atoms with E-state index in [1.54, 1.807) is 19.1 Å². The molecule has 3 amide bonds. The zero-order valence-corrected chi connectivity index (χ0v) is 14.7. The number of carbonyl (C=O) groups is 2. The summed E-state index contributed by atoms with van der Waals surface area (Å²) in [4.78, 5) is 25.6. The summed E-state index contributed by atoms with van der Waals surface area (Å²) in [6, 6.07) is 5.86. The van der Waals surface area contributed by atoms with E-state index in [0.717, 1.165) is 4.90 Å². The van der Waals surface area contributed by atoms with Crippen LogP contribution >= 0.6 is 11.6 Å². The van der Waals surface area contributed by atoms with Crippen LogP contribution in [0.15, 0.2) is 29.2 Å². The molecule has 24 heavy (non-hydrogen) atoms. The number of sulfonamides is 1. The Morgan fingerprint density at radius 1 is 1.21 bits per heavy atom. The Labute approximate surface area is 145 Å². The third-order valence-corrected chi connectivity index (χ3v) is 6.99. The SMILES string of the molecule is CCN1C(=O)NC2(CCN(S(=O)(=O)c3ccccc3Cl)CC2)C1=O. The maximum absolute atomic E-state index is 12.7. The van der Waals surface area contributed by atoms with Crippen LogP contribution in [-0.2, 0) is 14.8 Å². The lowest BCUT2D eigenvalue weighted by Gasteiger charge is -2.36. The number of imide groups is 1. The van der Waals surface area contributed by atoms with Crippen molar-refractivity contribution in [2.24, 2.45) is 0 Å². The lowest BCUT2D eigenvalue weighted by molar-refractivity contribution is -0.132. The molecule has 0 atom stereocenters. The summed E-state index contributed by atoms with van der Waals surface area (Å²) >= 11 is 6.01. The molecule has 130 valence electrons. The van der Waals surface area contributed by atoms with Crippen molar-refractivity contribution in [1.82, 2.24) is 14.5 Å². The second kappa shape index (κ2) is 6.02. The first-order valence-corrected chi connectivity index (χ1v) is 9.52. The smallest absolute Gasteiger partial charge is 0.323 e. The highest BCUT2D eigenvalue weighted by Crippen LogP contribution is 2.33. The van der Waals surface area contributed by atoms with Gasteiger partial charge in [-0.1, -0.05) is 23.7 Å². The zero-order valence-electron chi connectivity index (χ0n) is 13.2. The minimum Gasteiger partial charge on any atom is -0.323 e. The fraction of sp³-hybridized carbons (Fsp3) is 0.467. The van der Waals surface area contributed by atoms with Crippen LogP contribution in [0.3, 0.4) is 0 Å². The van der Waals surface area contributed by atoms with Crippen molar-refractivity contribution in [3.8, 4) is 0 Å². The first-order valence-electron chi connectivity index (χ1n) is 7.70. The number of rotatable bonds is 3. The third-order valence-electron chi connectivity index (χ3n) is 4.59. The summed E-state index contributed by atoms with van der Waals surface area (Å²) in [6.45, 7) is 2.33.